The lowest BCUT2D eigenvalue weighted by Crippen LogP contribution is -2.12. The van der Waals surface area contributed by atoms with E-state index in [1.165, 1.54) is 7.11 Å². The topological polar surface area (TPSA) is 46.5 Å². The Hall–Kier alpha value is -1.35. The molecule has 1 aromatic rings. The summed E-state index contributed by atoms with van der Waals surface area (Å²) < 4.78 is 4.80. The molecule has 0 aliphatic rings. The predicted octanol–water partition coefficient (Wildman–Crippen LogP) is 1.46. The van der Waals surface area contributed by atoms with Gasteiger partial charge in [0.2, 0.25) is 0 Å². The second-order valence-corrected chi connectivity index (χ2v) is 2.36. The van der Waals surface area contributed by atoms with Crippen LogP contribution < -0.4 is 0 Å². The van der Waals surface area contributed by atoms with Gasteiger partial charge < -0.3 is 9.84 Å². The van der Waals surface area contributed by atoms with Crippen molar-refractivity contribution in [2.45, 2.75) is 6.10 Å². The average Bonchev–Trinajstić information content (AvgIpc) is 2.07. The van der Waals surface area contributed by atoms with E-state index in [2.05, 4.69) is 0 Å². The Morgan fingerprint density at radius 2 is 2.00 bits per heavy atom. The summed E-state index contributed by atoms with van der Waals surface area (Å²) in [6, 6.07) is 8.84. The minimum Gasteiger partial charge on any atom is -0.479 e. The number of rotatable bonds is 3. The number of hydrogen-bond donors (Lipinski definition) is 1. The standard InChI is InChI=1S/C9H10O3/c1-12-8(9(10)11)7-5-3-2-4-6-7/h2-6,8H,1H3,(H,10,11)/t8-/m0/s1. The highest BCUT2D eigenvalue weighted by Crippen LogP contribution is 2.15. The van der Waals surface area contributed by atoms with Gasteiger partial charge in [-0.15, -0.1) is 0 Å². The molecular weight excluding hydrogens is 156 g/mol. The van der Waals surface area contributed by atoms with Crippen LogP contribution in [0.4, 0.5) is 0 Å². The maximum Gasteiger partial charge on any atom is 0.337 e. The molecule has 1 rings (SSSR count). The minimum atomic E-state index is -0.969. The molecule has 1 N–H and O–H groups in total. The van der Waals surface area contributed by atoms with Gasteiger partial charge in [-0.3, -0.25) is 0 Å². The van der Waals surface area contributed by atoms with Crippen molar-refractivity contribution in [3.05, 3.63) is 35.9 Å². The van der Waals surface area contributed by atoms with Crippen LogP contribution in [0.15, 0.2) is 30.3 Å². The number of carboxylic acid groups (broad SMARTS) is 1. The average molecular weight is 166 g/mol. The third kappa shape index (κ3) is 1.83. The molecule has 12 heavy (non-hydrogen) atoms. The molecule has 3 heteroatoms. The van der Waals surface area contributed by atoms with Crippen LogP contribution in [0.5, 0.6) is 0 Å². The van der Waals surface area contributed by atoms with Crippen LogP contribution in [0.25, 0.3) is 0 Å². The first-order valence-electron chi connectivity index (χ1n) is 3.56. The molecule has 0 amide bonds. The Morgan fingerprint density at radius 1 is 1.42 bits per heavy atom. The number of ether oxygens (including phenoxy) is 1. The fraction of sp³-hybridized carbons (Fsp3) is 0.222. The summed E-state index contributed by atoms with van der Waals surface area (Å²) >= 11 is 0. The van der Waals surface area contributed by atoms with Gasteiger partial charge in [0.1, 0.15) is 0 Å². The van der Waals surface area contributed by atoms with Gasteiger partial charge in [-0.05, 0) is 5.56 Å². The smallest absolute Gasteiger partial charge is 0.337 e. The maximum absolute atomic E-state index is 10.6. The molecule has 0 spiro atoms. The van der Waals surface area contributed by atoms with Crippen molar-refractivity contribution in [2.75, 3.05) is 7.11 Å². The Kier molecular flexibility index (Phi) is 2.82. The van der Waals surface area contributed by atoms with E-state index < -0.39 is 12.1 Å². The summed E-state index contributed by atoms with van der Waals surface area (Å²) in [5, 5.41) is 8.70. The Balaban J connectivity index is 2.88. The van der Waals surface area contributed by atoms with Crippen molar-refractivity contribution >= 4 is 5.97 Å². The molecule has 0 radical (unpaired) electrons. The van der Waals surface area contributed by atoms with E-state index in [1.807, 2.05) is 6.07 Å². The highest BCUT2D eigenvalue weighted by atomic mass is 16.5. The molecule has 0 saturated heterocycles. The third-order valence-corrected chi connectivity index (χ3v) is 1.56. The molecule has 0 unspecified atom stereocenters. The van der Waals surface area contributed by atoms with Crippen molar-refractivity contribution in [2.24, 2.45) is 0 Å². The number of methoxy groups -OCH3 is 1. The first-order chi connectivity index (χ1) is 5.75. The van der Waals surface area contributed by atoms with Crippen LogP contribution in [-0.2, 0) is 9.53 Å². The van der Waals surface area contributed by atoms with Crippen LogP contribution in [0, 0.1) is 0 Å². The molecule has 1 atom stereocenters. The molecular formula is C9H10O3. The summed E-state index contributed by atoms with van der Waals surface area (Å²) in [6.07, 6.45) is -0.855. The number of hydrogen-bond acceptors (Lipinski definition) is 2. The van der Waals surface area contributed by atoms with Gasteiger partial charge in [0, 0.05) is 7.11 Å². The summed E-state index contributed by atoms with van der Waals surface area (Å²) in [6.45, 7) is 0. The fourth-order valence-corrected chi connectivity index (χ4v) is 1.01. The Labute approximate surface area is 70.6 Å². The highest BCUT2D eigenvalue weighted by Gasteiger charge is 2.17. The predicted molar refractivity (Wildman–Crippen MR) is 43.8 cm³/mol. The number of aliphatic carboxylic acids is 1. The SMILES string of the molecule is CO[C@H](C(=O)O)c1ccccc1. The van der Waals surface area contributed by atoms with E-state index in [0.717, 1.165) is 0 Å². The Bertz CT molecular complexity index is 256. The highest BCUT2D eigenvalue weighted by molar-refractivity contribution is 5.74. The lowest BCUT2D eigenvalue weighted by atomic mass is 10.1. The van der Waals surface area contributed by atoms with Crippen molar-refractivity contribution in [3.8, 4) is 0 Å². The maximum atomic E-state index is 10.6. The first kappa shape index (κ1) is 8.74. The van der Waals surface area contributed by atoms with Gasteiger partial charge in [0.15, 0.2) is 6.10 Å². The van der Waals surface area contributed by atoms with E-state index in [4.69, 9.17) is 9.84 Å². The molecule has 0 aromatic heterocycles. The quantitative estimate of drug-likeness (QED) is 0.739. The van der Waals surface area contributed by atoms with E-state index in [9.17, 15) is 4.79 Å². The van der Waals surface area contributed by atoms with Crippen molar-refractivity contribution in [1.82, 2.24) is 0 Å². The summed E-state index contributed by atoms with van der Waals surface area (Å²) in [7, 11) is 1.38. The molecule has 0 aliphatic carbocycles. The first-order valence-corrected chi connectivity index (χ1v) is 3.56. The zero-order valence-electron chi connectivity index (χ0n) is 6.73. The Morgan fingerprint density at radius 3 is 2.42 bits per heavy atom. The zero-order chi connectivity index (χ0) is 8.97. The molecule has 0 fully saturated rings. The van der Waals surface area contributed by atoms with E-state index in [0.29, 0.717) is 5.56 Å². The monoisotopic (exact) mass is 166 g/mol. The molecule has 0 bridgehead atoms. The molecule has 0 aliphatic heterocycles. The van der Waals surface area contributed by atoms with Gasteiger partial charge in [-0.2, -0.15) is 0 Å². The molecule has 0 heterocycles. The number of carbonyl (C=O) groups is 1. The van der Waals surface area contributed by atoms with Crippen LogP contribution >= 0.6 is 0 Å². The van der Waals surface area contributed by atoms with Crippen molar-refractivity contribution < 1.29 is 14.6 Å². The number of carboxylic acids is 1. The molecule has 3 nitrogen and oxygen atoms in total. The summed E-state index contributed by atoms with van der Waals surface area (Å²) in [5.41, 5.74) is 0.660. The van der Waals surface area contributed by atoms with Gasteiger partial charge in [-0.25, -0.2) is 4.79 Å². The lowest BCUT2D eigenvalue weighted by Gasteiger charge is -2.09. The third-order valence-electron chi connectivity index (χ3n) is 1.56. The zero-order valence-corrected chi connectivity index (χ0v) is 6.73. The fourth-order valence-electron chi connectivity index (χ4n) is 1.01. The minimum absolute atomic E-state index is 0.660. The second-order valence-electron chi connectivity index (χ2n) is 2.36. The summed E-state index contributed by atoms with van der Waals surface area (Å²) in [4.78, 5) is 10.6. The van der Waals surface area contributed by atoms with E-state index in [-0.39, 0.29) is 0 Å². The second kappa shape index (κ2) is 3.88. The van der Waals surface area contributed by atoms with Gasteiger partial charge in [0.05, 0.1) is 0 Å². The molecule has 1 aromatic carbocycles. The normalized spacial score (nSPS) is 12.4. The van der Waals surface area contributed by atoms with Gasteiger partial charge in [0.25, 0.3) is 0 Å². The van der Waals surface area contributed by atoms with Crippen molar-refractivity contribution in [3.63, 3.8) is 0 Å². The molecule has 0 saturated carbocycles. The van der Waals surface area contributed by atoms with Crippen LogP contribution in [0.3, 0.4) is 0 Å². The summed E-state index contributed by atoms with van der Waals surface area (Å²) in [5.74, 6) is -0.969. The lowest BCUT2D eigenvalue weighted by molar-refractivity contribution is -0.148. The van der Waals surface area contributed by atoms with Crippen LogP contribution in [0.1, 0.15) is 11.7 Å². The molecule has 64 valence electrons. The largest absolute Gasteiger partial charge is 0.479 e. The van der Waals surface area contributed by atoms with Gasteiger partial charge in [-0.1, -0.05) is 30.3 Å². The van der Waals surface area contributed by atoms with Crippen LogP contribution in [0.2, 0.25) is 0 Å². The van der Waals surface area contributed by atoms with E-state index in [1.54, 1.807) is 24.3 Å². The van der Waals surface area contributed by atoms with Gasteiger partial charge >= 0.3 is 5.97 Å². The van der Waals surface area contributed by atoms with Crippen LogP contribution in [-0.4, -0.2) is 18.2 Å². The number of benzene rings is 1. The van der Waals surface area contributed by atoms with E-state index >= 15 is 0 Å². The van der Waals surface area contributed by atoms with Crippen molar-refractivity contribution in [1.29, 1.82) is 0 Å².